The molecule has 0 aliphatic rings. The first kappa shape index (κ1) is 19.5. The third-order valence-electron chi connectivity index (χ3n) is 4.55. The molecule has 4 aromatic rings. The molecule has 0 aliphatic heterocycles. The number of hydrogen-bond acceptors (Lipinski definition) is 6. The summed E-state index contributed by atoms with van der Waals surface area (Å²) in [6.07, 6.45) is 4.22. The number of nitrogens with one attached hydrogen (secondary N) is 3. The quantitative estimate of drug-likeness (QED) is 0.236. The lowest BCUT2D eigenvalue weighted by atomic mass is 10.1. The summed E-state index contributed by atoms with van der Waals surface area (Å²) in [6, 6.07) is 5.91. The number of amides is 1. The Hall–Kier alpha value is -2.78. The minimum absolute atomic E-state index is 0.0705. The Morgan fingerprint density at radius 3 is 3.03 bits per heavy atom. The maximum absolute atomic E-state index is 12.5. The highest BCUT2D eigenvalue weighted by Crippen LogP contribution is 2.28. The molecule has 1 atom stereocenters. The van der Waals surface area contributed by atoms with Crippen molar-refractivity contribution in [2.45, 2.75) is 23.6 Å². The van der Waals surface area contributed by atoms with Crippen molar-refractivity contribution in [2.75, 3.05) is 13.7 Å². The Morgan fingerprint density at radius 1 is 1.34 bits per heavy atom. The Bertz CT molecular complexity index is 1170. The van der Waals surface area contributed by atoms with E-state index in [2.05, 4.69) is 30.2 Å². The molecule has 3 heterocycles. The summed E-state index contributed by atoms with van der Waals surface area (Å²) in [5.41, 5.74) is 3.31. The van der Waals surface area contributed by atoms with E-state index in [1.165, 1.54) is 18.1 Å². The van der Waals surface area contributed by atoms with Crippen LogP contribution in [0.1, 0.15) is 12.5 Å². The number of ether oxygens (including phenoxy) is 1. The van der Waals surface area contributed by atoms with Gasteiger partial charge in [0.2, 0.25) is 11.2 Å². The van der Waals surface area contributed by atoms with Crippen molar-refractivity contribution in [1.29, 1.82) is 0 Å². The molecule has 1 amide bonds. The van der Waals surface area contributed by atoms with Gasteiger partial charge in [0.25, 0.3) is 0 Å². The van der Waals surface area contributed by atoms with Crippen LogP contribution in [-0.2, 0) is 11.2 Å². The van der Waals surface area contributed by atoms with E-state index in [-0.39, 0.29) is 16.4 Å². The van der Waals surface area contributed by atoms with Crippen LogP contribution in [0.5, 0.6) is 5.75 Å². The summed E-state index contributed by atoms with van der Waals surface area (Å²) in [7, 11) is 1.65. The van der Waals surface area contributed by atoms with Crippen LogP contribution in [0.15, 0.2) is 35.7 Å². The molecule has 0 radical (unpaired) electrons. The average molecular weight is 431 g/mol. The van der Waals surface area contributed by atoms with Gasteiger partial charge in [0.1, 0.15) is 16.3 Å². The van der Waals surface area contributed by atoms with Crippen molar-refractivity contribution in [2.24, 2.45) is 0 Å². The molecule has 0 saturated carbocycles. The molecule has 0 fully saturated rings. The van der Waals surface area contributed by atoms with Crippen molar-refractivity contribution < 1.29 is 9.53 Å². The molecule has 3 N–H and O–H groups in total. The standard InChI is InChI=1S/C19H19ClN6O2S/c1-10(29-18-15-16(24-9-23-15)25-19(20)26-18)17(27)21-6-5-11-8-22-14-7-12(28-2)3-4-13(11)14/h3-4,7-10,22H,5-6H2,1-2H3,(H,21,27)(H,23,24,25,26). The lowest BCUT2D eigenvalue weighted by Gasteiger charge is -2.12. The van der Waals surface area contributed by atoms with Crippen LogP contribution >= 0.6 is 23.4 Å². The van der Waals surface area contributed by atoms with Crippen molar-refractivity contribution in [1.82, 2.24) is 30.2 Å². The normalized spacial score (nSPS) is 12.4. The van der Waals surface area contributed by atoms with Gasteiger partial charge in [-0.1, -0.05) is 11.8 Å². The highest BCUT2D eigenvalue weighted by atomic mass is 35.5. The van der Waals surface area contributed by atoms with E-state index >= 15 is 0 Å². The highest BCUT2D eigenvalue weighted by Gasteiger charge is 2.18. The number of nitrogens with zero attached hydrogens (tertiary/aromatic N) is 3. The Kier molecular flexibility index (Phi) is 5.59. The topological polar surface area (TPSA) is 109 Å². The van der Waals surface area contributed by atoms with E-state index in [9.17, 15) is 4.79 Å². The molecule has 10 heteroatoms. The molecule has 0 bridgehead atoms. The van der Waals surface area contributed by atoms with Gasteiger partial charge in [-0.15, -0.1) is 0 Å². The van der Waals surface area contributed by atoms with Gasteiger partial charge in [-0.3, -0.25) is 4.79 Å². The summed E-state index contributed by atoms with van der Waals surface area (Å²) < 4.78 is 5.25. The van der Waals surface area contributed by atoms with Gasteiger partial charge in [0.05, 0.1) is 18.7 Å². The van der Waals surface area contributed by atoms with E-state index in [1.807, 2.05) is 31.3 Å². The second-order valence-electron chi connectivity index (χ2n) is 6.43. The van der Waals surface area contributed by atoms with Crippen LogP contribution in [0.4, 0.5) is 0 Å². The lowest BCUT2D eigenvalue weighted by Crippen LogP contribution is -2.32. The first-order valence-electron chi connectivity index (χ1n) is 9.00. The number of halogens is 1. The minimum atomic E-state index is -0.348. The van der Waals surface area contributed by atoms with E-state index in [4.69, 9.17) is 16.3 Å². The molecule has 4 rings (SSSR count). The zero-order valence-corrected chi connectivity index (χ0v) is 17.4. The molecule has 8 nitrogen and oxygen atoms in total. The van der Waals surface area contributed by atoms with Crippen molar-refractivity contribution in [3.8, 4) is 5.75 Å². The number of rotatable bonds is 7. The minimum Gasteiger partial charge on any atom is -0.497 e. The van der Waals surface area contributed by atoms with E-state index in [0.717, 1.165) is 28.6 Å². The van der Waals surface area contributed by atoms with Gasteiger partial charge in [-0.05, 0) is 42.6 Å². The van der Waals surface area contributed by atoms with Crippen LogP contribution in [-0.4, -0.2) is 49.7 Å². The van der Waals surface area contributed by atoms with Gasteiger partial charge in [0.15, 0.2) is 5.65 Å². The van der Waals surface area contributed by atoms with Crippen LogP contribution in [0.25, 0.3) is 22.1 Å². The van der Waals surface area contributed by atoms with Gasteiger partial charge < -0.3 is 20.0 Å². The molecule has 0 saturated heterocycles. The monoisotopic (exact) mass is 430 g/mol. The van der Waals surface area contributed by atoms with Gasteiger partial charge in [0, 0.05) is 29.7 Å². The number of aromatic nitrogens is 5. The lowest BCUT2D eigenvalue weighted by molar-refractivity contribution is -0.120. The van der Waals surface area contributed by atoms with Crippen LogP contribution in [0.3, 0.4) is 0 Å². The first-order chi connectivity index (χ1) is 14.0. The fraction of sp³-hybridized carbons (Fsp3) is 0.263. The molecule has 1 aromatic carbocycles. The largest absolute Gasteiger partial charge is 0.497 e. The highest BCUT2D eigenvalue weighted by molar-refractivity contribution is 8.00. The van der Waals surface area contributed by atoms with Crippen LogP contribution in [0.2, 0.25) is 5.28 Å². The summed E-state index contributed by atoms with van der Waals surface area (Å²) in [6.45, 7) is 2.36. The van der Waals surface area contributed by atoms with Crippen LogP contribution in [0, 0.1) is 0 Å². The second-order valence-corrected chi connectivity index (χ2v) is 8.09. The SMILES string of the molecule is COc1ccc2c(CCNC(=O)C(C)Sc3nc(Cl)nc4nc[nH]c34)c[nH]c2c1. The second kappa shape index (κ2) is 8.30. The van der Waals surface area contributed by atoms with Crippen molar-refractivity contribution in [3.05, 3.63) is 41.6 Å². The van der Waals surface area contributed by atoms with Gasteiger partial charge in [-0.2, -0.15) is 4.98 Å². The smallest absolute Gasteiger partial charge is 0.233 e. The number of benzene rings is 1. The molecular weight excluding hydrogens is 412 g/mol. The summed E-state index contributed by atoms with van der Waals surface area (Å²) >= 11 is 7.27. The maximum atomic E-state index is 12.5. The zero-order valence-electron chi connectivity index (χ0n) is 15.8. The van der Waals surface area contributed by atoms with Gasteiger partial charge >= 0.3 is 0 Å². The predicted molar refractivity (Wildman–Crippen MR) is 114 cm³/mol. The number of imidazole rings is 1. The van der Waals surface area contributed by atoms with E-state index in [0.29, 0.717) is 22.7 Å². The number of methoxy groups -OCH3 is 1. The van der Waals surface area contributed by atoms with Crippen LogP contribution < -0.4 is 10.1 Å². The van der Waals surface area contributed by atoms with Crippen molar-refractivity contribution >= 4 is 51.3 Å². The number of carbonyl (C=O) groups is 1. The number of aromatic amines is 2. The average Bonchev–Trinajstić information content (AvgIpc) is 3.34. The number of fused-ring (bicyclic) bond motifs is 2. The third kappa shape index (κ3) is 4.15. The first-order valence-corrected chi connectivity index (χ1v) is 10.3. The van der Waals surface area contributed by atoms with E-state index < -0.39 is 0 Å². The predicted octanol–water partition coefficient (Wildman–Crippen LogP) is 3.34. The molecule has 1 unspecified atom stereocenters. The van der Waals surface area contributed by atoms with E-state index in [1.54, 1.807) is 7.11 Å². The zero-order chi connectivity index (χ0) is 20.4. The third-order valence-corrected chi connectivity index (χ3v) is 5.81. The Balaban J connectivity index is 1.36. The molecule has 3 aromatic heterocycles. The van der Waals surface area contributed by atoms with Crippen molar-refractivity contribution in [3.63, 3.8) is 0 Å². The number of H-pyrrole nitrogens is 2. The van der Waals surface area contributed by atoms with Gasteiger partial charge in [-0.25, -0.2) is 9.97 Å². The molecule has 0 aliphatic carbocycles. The number of hydrogen-bond donors (Lipinski definition) is 3. The molecule has 150 valence electrons. The fourth-order valence-corrected chi connectivity index (χ4v) is 4.20. The number of carbonyl (C=O) groups excluding carboxylic acids is 1. The fourth-order valence-electron chi connectivity index (χ4n) is 3.05. The summed E-state index contributed by atoms with van der Waals surface area (Å²) in [5, 5.41) is 4.47. The number of thioether (sulfide) groups is 1. The summed E-state index contributed by atoms with van der Waals surface area (Å²) in [4.78, 5) is 31.1. The molecular formula is C19H19ClN6O2S. The maximum Gasteiger partial charge on any atom is 0.233 e. The Morgan fingerprint density at radius 2 is 2.21 bits per heavy atom. The summed E-state index contributed by atoms with van der Waals surface area (Å²) in [5.74, 6) is 0.736. The Labute approximate surface area is 175 Å². The molecule has 0 spiro atoms. The molecule has 29 heavy (non-hydrogen) atoms.